The standard InChI is InChI=1S/C6H11BrN4/c1-2-3-11-5(4-8)6(7)9-10-11/h2-4,8H2,1H3. The lowest BCUT2D eigenvalue weighted by Crippen LogP contribution is -2.08. The van der Waals surface area contributed by atoms with Crippen molar-refractivity contribution in [2.45, 2.75) is 26.4 Å². The van der Waals surface area contributed by atoms with Crippen LogP contribution in [0, 0.1) is 0 Å². The number of rotatable bonds is 3. The summed E-state index contributed by atoms with van der Waals surface area (Å²) in [7, 11) is 0. The van der Waals surface area contributed by atoms with E-state index >= 15 is 0 Å². The van der Waals surface area contributed by atoms with Gasteiger partial charge in [-0.2, -0.15) is 0 Å². The van der Waals surface area contributed by atoms with E-state index in [1.54, 1.807) is 0 Å². The number of halogens is 1. The molecule has 0 radical (unpaired) electrons. The van der Waals surface area contributed by atoms with E-state index in [1.165, 1.54) is 0 Å². The molecular formula is C6H11BrN4. The number of aryl methyl sites for hydroxylation is 1. The molecule has 11 heavy (non-hydrogen) atoms. The number of aromatic nitrogens is 3. The lowest BCUT2D eigenvalue weighted by molar-refractivity contribution is 0.556. The zero-order valence-electron chi connectivity index (χ0n) is 6.42. The highest BCUT2D eigenvalue weighted by Gasteiger charge is 2.06. The Bertz CT molecular complexity index is 232. The van der Waals surface area contributed by atoms with Gasteiger partial charge in [-0.1, -0.05) is 12.1 Å². The van der Waals surface area contributed by atoms with Gasteiger partial charge in [0.15, 0.2) is 4.60 Å². The van der Waals surface area contributed by atoms with E-state index < -0.39 is 0 Å². The Morgan fingerprint density at radius 2 is 2.36 bits per heavy atom. The van der Waals surface area contributed by atoms with E-state index in [4.69, 9.17) is 5.73 Å². The number of hydrogen-bond donors (Lipinski definition) is 1. The van der Waals surface area contributed by atoms with E-state index in [-0.39, 0.29) is 0 Å². The summed E-state index contributed by atoms with van der Waals surface area (Å²) < 4.78 is 2.58. The molecule has 1 aromatic heterocycles. The molecule has 0 saturated carbocycles. The monoisotopic (exact) mass is 218 g/mol. The van der Waals surface area contributed by atoms with Crippen molar-refractivity contribution in [2.24, 2.45) is 5.73 Å². The van der Waals surface area contributed by atoms with Crippen molar-refractivity contribution in [3.8, 4) is 0 Å². The molecule has 0 aliphatic rings. The second-order valence-corrected chi connectivity index (χ2v) is 3.01. The summed E-state index contributed by atoms with van der Waals surface area (Å²) in [4.78, 5) is 0. The Balaban J connectivity index is 2.86. The van der Waals surface area contributed by atoms with Crippen LogP contribution in [0.3, 0.4) is 0 Å². The average Bonchev–Trinajstić information content (AvgIpc) is 2.33. The Morgan fingerprint density at radius 1 is 1.64 bits per heavy atom. The van der Waals surface area contributed by atoms with Crippen LogP contribution < -0.4 is 5.73 Å². The topological polar surface area (TPSA) is 56.7 Å². The lowest BCUT2D eigenvalue weighted by Gasteiger charge is -2.00. The normalized spacial score (nSPS) is 10.5. The van der Waals surface area contributed by atoms with Gasteiger partial charge in [-0.05, 0) is 22.4 Å². The molecule has 5 heteroatoms. The van der Waals surface area contributed by atoms with Crippen LogP contribution in [0.4, 0.5) is 0 Å². The van der Waals surface area contributed by atoms with Crippen LogP contribution in [-0.2, 0) is 13.1 Å². The smallest absolute Gasteiger partial charge is 0.152 e. The molecule has 0 aromatic carbocycles. The van der Waals surface area contributed by atoms with E-state index in [0.29, 0.717) is 6.54 Å². The summed E-state index contributed by atoms with van der Waals surface area (Å²) in [5, 5.41) is 7.77. The highest BCUT2D eigenvalue weighted by Crippen LogP contribution is 2.11. The second-order valence-electron chi connectivity index (χ2n) is 2.25. The van der Waals surface area contributed by atoms with Gasteiger partial charge in [0.1, 0.15) is 0 Å². The number of nitrogens with zero attached hydrogens (tertiary/aromatic N) is 3. The quantitative estimate of drug-likeness (QED) is 0.821. The first-order chi connectivity index (χ1) is 5.29. The summed E-state index contributed by atoms with van der Waals surface area (Å²) in [6, 6.07) is 0. The van der Waals surface area contributed by atoms with Crippen molar-refractivity contribution >= 4 is 15.9 Å². The van der Waals surface area contributed by atoms with Crippen LogP contribution in [0.15, 0.2) is 4.60 Å². The van der Waals surface area contributed by atoms with Crippen molar-refractivity contribution < 1.29 is 0 Å². The fourth-order valence-corrected chi connectivity index (χ4v) is 1.33. The van der Waals surface area contributed by atoms with Gasteiger partial charge in [0.05, 0.1) is 5.69 Å². The van der Waals surface area contributed by atoms with Crippen LogP contribution in [0.5, 0.6) is 0 Å². The molecule has 0 amide bonds. The molecular weight excluding hydrogens is 208 g/mol. The minimum atomic E-state index is 0.480. The maximum atomic E-state index is 5.50. The molecule has 1 heterocycles. The third kappa shape index (κ3) is 1.78. The Kier molecular flexibility index (Phi) is 3.02. The van der Waals surface area contributed by atoms with Crippen LogP contribution in [-0.4, -0.2) is 15.0 Å². The van der Waals surface area contributed by atoms with Crippen molar-refractivity contribution in [1.29, 1.82) is 0 Å². The first-order valence-electron chi connectivity index (χ1n) is 3.57. The molecule has 0 atom stereocenters. The highest BCUT2D eigenvalue weighted by atomic mass is 79.9. The molecule has 1 rings (SSSR count). The molecule has 1 aromatic rings. The minimum absolute atomic E-state index is 0.480. The van der Waals surface area contributed by atoms with Crippen molar-refractivity contribution in [2.75, 3.05) is 0 Å². The number of hydrogen-bond acceptors (Lipinski definition) is 3. The van der Waals surface area contributed by atoms with E-state index in [2.05, 4.69) is 33.2 Å². The van der Waals surface area contributed by atoms with Crippen molar-refractivity contribution in [3.05, 3.63) is 10.3 Å². The SMILES string of the molecule is CCCn1nnc(Br)c1CN. The molecule has 2 N–H and O–H groups in total. The summed E-state index contributed by atoms with van der Waals surface area (Å²) in [5.41, 5.74) is 6.46. The first-order valence-corrected chi connectivity index (χ1v) is 4.36. The van der Waals surface area contributed by atoms with Crippen LogP contribution in [0.2, 0.25) is 0 Å². The van der Waals surface area contributed by atoms with E-state index in [9.17, 15) is 0 Å². The van der Waals surface area contributed by atoms with E-state index in [1.807, 2.05) is 4.68 Å². The molecule has 0 bridgehead atoms. The van der Waals surface area contributed by atoms with Crippen LogP contribution in [0.25, 0.3) is 0 Å². The van der Waals surface area contributed by atoms with Gasteiger partial charge in [0.25, 0.3) is 0 Å². The Labute approximate surface area is 73.9 Å². The van der Waals surface area contributed by atoms with E-state index in [0.717, 1.165) is 23.3 Å². The minimum Gasteiger partial charge on any atom is -0.325 e. The first kappa shape index (κ1) is 8.67. The van der Waals surface area contributed by atoms with Gasteiger partial charge in [0.2, 0.25) is 0 Å². The molecule has 0 unspecified atom stereocenters. The van der Waals surface area contributed by atoms with Gasteiger partial charge in [0, 0.05) is 13.1 Å². The average molecular weight is 219 g/mol. The third-order valence-corrected chi connectivity index (χ3v) is 2.04. The Hall–Kier alpha value is -0.420. The Morgan fingerprint density at radius 3 is 2.91 bits per heavy atom. The number of nitrogens with two attached hydrogens (primary N) is 1. The van der Waals surface area contributed by atoms with Gasteiger partial charge in [-0.15, -0.1) is 5.10 Å². The largest absolute Gasteiger partial charge is 0.325 e. The molecule has 0 spiro atoms. The molecule has 4 nitrogen and oxygen atoms in total. The van der Waals surface area contributed by atoms with Gasteiger partial charge >= 0.3 is 0 Å². The fourth-order valence-electron chi connectivity index (χ4n) is 0.893. The highest BCUT2D eigenvalue weighted by molar-refractivity contribution is 9.10. The summed E-state index contributed by atoms with van der Waals surface area (Å²) in [6.07, 6.45) is 1.04. The van der Waals surface area contributed by atoms with Gasteiger partial charge in [-0.3, -0.25) is 0 Å². The predicted molar refractivity (Wildman–Crippen MR) is 45.9 cm³/mol. The zero-order valence-corrected chi connectivity index (χ0v) is 8.00. The van der Waals surface area contributed by atoms with Crippen molar-refractivity contribution in [3.63, 3.8) is 0 Å². The van der Waals surface area contributed by atoms with Crippen molar-refractivity contribution in [1.82, 2.24) is 15.0 Å². The van der Waals surface area contributed by atoms with Crippen LogP contribution in [0.1, 0.15) is 19.0 Å². The molecule has 0 fully saturated rings. The molecule has 0 aliphatic carbocycles. The molecule has 0 saturated heterocycles. The zero-order chi connectivity index (χ0) is 8.27. The molecule has 0 aliphatic heterocycles. The summed E-state index contributed by atoms with van der Waals surface area (Å²) >= 11 is 3.27. The third-order valence-electron chi connectivity index (χ3n) is 1.42. The maximum Gasteiger partial charge on any atom is 0.152 e. The van der Waals surface area contributed by atoms with Gasteiger partial charge < -0.3 is 5.73 Å². The lowest BCUT2D eigenvalue weighted by atomic mass is 10.4. The predicted octanol–water partition coefficient (Wildman–Crippen LogP) is 0.909. The van der Waals surface area contributed by atoms with Crippen LogP contribution >= 0.6 is 15.9 Å². The summed E-state index contributed by atoms with van der Waals surface area (Å²) in [6.45, 7) is 3.45. The summed E-state index contributed by atoms with van der Waals surface area (Å²) in [5.74, 6) is 0. The molecule has 62 valence electrons. The fraction of sp³-hybridized carbons (Fsp3) is 0.667. The van der Waals surface area contributed by atoms with Gasteiger partial charge in [-0.25, -0.2) is 4.68 Å². The second kappa shape index (κ2) is 3.82. The maximum absolute atomic E-state index is 5.50.